The van der Waals surface area contributed by atoms with Gasteiger partial charge in [0.1, 0.15) is 0 Å². The van der Waals surface area contributed by atoms with Gasteiger partial charge in [0, 0.05) is 24.0 Å². The Hall–Kier alpha value is -2.40. The van der Waals surface area contributed by atoms with E-state index in [4.69, 9.17) is 0 Å². The topological polar surface area (TPSA) is 58.5 Å². The molecule has 0 unspecified atom stereocenters. The summed E-state index contributed by atoms with van der Waals surface area (Å²) in [5, 5.41) is 15.1. The predicted octanol–water partition coefficient (Wildman–Crippen LogP) is 2.93. The van der Waals surface area contributed by atoms with Crippen molar-refractivity contribution in [3.05, 3.63) is 65.2 Å². The van der Waals surface area contributed by atoms with Gasteiger partial charge in [0.15, 0.2) is 0 Å². The lowest BCUT2D eigenvalue weighted by molar-refractivity contribution is 0.647. The lowest BCUT2D eigenvalue weighted by Crippen LogP contribution is -2.15. The third-order valence-corrected chi connectivity index (χ3v) is 4.07. The third-order valence-electron chi connectivity index (χ3n) is 4.07. The molecule has 0 atom stereocenters. The molecule has 2 N–H and O–H groups in total. The molecule has 0 amide bonds. The summed E-state index contributed by atoms with van der Waals surface area (Å²) < 4.78 is 1.97. The molecule has 0 aliphatic heterocycles. The number of aromatic nitrogens is 4. The van der Waals surface area contributed by atoms with Crippen LogP contribution in [0.3, 0.4) is 0 Å². The first-order valence-electron chi connectivity index (χ1n) is 8.04. The number of nitrogens with one attached hydrogen (secondary N) is 2. The molecule has 5 nitrogen and oxygen atoms in total. The van der Waals surface area contributed by atoms with Crippen molar-refractivity contribution in [1.29, 1.82) is 0 Å². The van der Waals surface area contributed by atoms with Crippen LogP contribution < -0.4 is 5.32 Å². The van der Waals surface area contributed by atoms with Crippen molar-refractivity contribution in [2.24, 2.45) is 0 Å². The smallest absolute Gasteiger partial charge is 0.0645 e. The van der Waals surface area contributed by atoms with Gasteiger partial charge in [0.05, 0.1) is 17.6 Å². The fourth-order valence-electron chi connectivity index (χ4n) is 2.63. The Balaban J connectivity index is 1.49. The standard InChI is InChI=1S/C18H23N5/c1-14-17(12-20-21-14)11-19-10-6-7-16-13-23(22-15(16)2)18-8-4-3-5-9-18/h3-5,8-9,12-13,19H,6-7,10-11H2,1-2H3,(H,20,21). The lowest BCUT2D eigenvalue weighted by Gasteiger charge is -2.03. The van der Waals surface area contributed by atoms with E-state index in [-0.39, 0.29) is 0 Å². The molecule has 23 heavy (non-hydrogen) atoms. The van der Waals surface area contributed by atoms with Crippen LogP contribution in [0.4, 0.5) is 0 Å². The van der Waals surface area contributed by atoms with E-state index in [1.165, 1.54) is 11.1 Å². The summed E-state index contributed by atoms with van der Waals surface area (Å²) >= 11 is 0. The van der Waals surface area contributed by atoms with Crippen LogP contribution in [0, 0.1) is 13.8 Å². The average Bonchev–Trinajstić information content (AvgIpc) is 3.14. The van der Waals surface area contributed by atoms with Gasteiger partial charge in [-0.15, -0.1) is 0 Å². The molecule has 0 aliphatic carbocycles. The summed E-state index contributed by atoms with van der Waals surface area (Å²) in [4.78, 5) is 0. The second-order valence-corrected chi connectivity index (χ2v) is 5.82. The highest BCUT2D eigenvalue weighted by molar-refractivity contribution is 5.32. The normalized spacial score (nSPS) is 11.0. The van der Waals surface area contributed by atoms with E-state index >= 15 is 0 Å². The van der Waals surface area contributed by atoms with E-state index in [1.807, 2.05) is 36.0 Å². The summed E-state index contributed by atoms with van der Waals surface area (Å²) in [7, 11) is 0. The number of benzene rings is 1. The summed E-state index contributed by atoms with van der Waals surface area (Å²) in [5.74, 6) is 0. The van der Waals surface area contributed by atoms with Gasteiger partial charge in [-0.05, 0) is 50.9 Å². The van der Waals surface area contributed by atoms with Gasteiger partial charge in [-0.3, -0.25) is 5.10 Å². The maximum Gasteiger partial charge on any atom is 0.0645 e. The van der Waals surface area contributed by atoms with Crippen molar-refractivity contribution < 1.29 is 0 Å². The van der Waals surface area contributed by atoms with Crippen molar-refractivity contribution in [2.75, 3.05) is 6.54 Å². The number of hydrogen-bond acceptors (Lipinski definition) is 3. The molecule has 0 radical (unpaired) electrons. The van der Waals surface area contributed by atoms with E-state index in [9.17, 15) is 0 Å². The molecule has 0 fully saturated rings. The maximum atomic E-state index is 4.62. The number of hydrogen-bond donors (Lipinski definition) is 2. The zero-order valence-electron chi connectivity index (χ0n) is 13.7. The average molecular weight is 309 g/mol. The van der Waals surface area contributed by atoms with Gasteiger partial charge in [0.2, 0.25) is 0 Å². The quantitative estimate of drug-likeness (QED) is 0.660. The van der Waals surface area contributed by atoms with Gasteiger partial charge < -0.3 is 5.32 Å². The van der Waals surface area contributed by atoms with Crippen LogP contribution in [0.1, 0.15) is 28.9 Å². The first kappa shape index (κ1) is 15.5. The van der Waals surface area contributed by atoms with Crippen molar-refractivity contribution in [3.63, 3.8) is 0 Å². The molecule has 0 spiro atoms. The molecule has 3 rings (SSSR count). The van der Waals surface area contributed by atoms with Crippen molar-refractivity contribution in [1.82, 2.24) is 25.3 Å². The molecule has 0 saturated heterocycles. The Morgan fingerprint density at radius 3 is 2.70 bits per heavy atom. The molecule has 5 heteroatoms. The number of para-hydroxylation sites is 1. The molecule has 120 valence electrons. The van der Waals surface area contributed by atoms with Gasteiger partial charge in [-0.25, -0.2) is 4.68 Å². The van der Waals surface area contributed by atoms with Crippen molar-refractivity contribution in [3.8, 4) is 5.69 Å². The lowest BCUT2D eigenvalue weighted by atomic mass is 10.1. The van der Waals surface area contributed by atoms with E-state index in [0.29, 0.717) is 0 Å². The van der Waals surface area contributed by atoms with Crippen LogP contribution in [-0.2, 0) is 13.0 Å². The zero-order valence-corrected chi connectivity index (χ0v) is 13.7. The summed E-state index contributed by atoms with van der Waals surface area (Å²) in [5.41, 5.74) is 5.90. The Labute approximate surface area is 136 Å². The molecule has 3 aromatic rings. The number of H-pyrrole nitrogens is 1. The molecule has 1 aromatic carbocycles. The van der Waals surface area contributed by atoms with Crippen LogP contribution in [0.15, 0.2) is 42.7 Å². The number of aromatic amines is 1. The number of aryl methyl sites for hydroxylation is 3. The van der Waals surface area contributed by atoms with E-state index in [0.717, 1.165) is 43.0 Å². The molecular formula is C18H23N5. The molecule has 2 heterocycles. The zero-order chi connectivity index (χ0) is 16.1. The molecular weight excluding hydrogens is 286 g/mol. The van der Waals surface area contributed by atoms with E-state index < -0.39 is 0 Å². The first-order valence-corrected chi connectivity index (χ1v) is 8.04. The van der Waals surface area contributed by atoms with Crippen molar-refractivity contribution in [2.45, 2.75) is 33.2 Å². The highest BCUT2D eigenvalue weighted by Crippen LogP contribution is 2.13. The fraction of sp³-hybridized carbons (Fsp3) is 0.333. The minimum absolute atomic E-state index is 0.866. The SMILES string of the molecule is Cc1nn(-c2ccccc2)cc1CCCNCc1cn[nH]c1C. The van der Waals surface area contributed by atoms with Crippen LogP contribution >= 0.6 is 0 Å². The number of nitrogens with zero attached hydrogens (tertiary/aromatic N) is 3. The molecule has 0 bridgehead atoms. The molecule has 0 aliphatic rings. The molecule has 0 saturated carbocycles. The Morgan fingerprint density at radius 1 is 1.13 bits per heavy atom. The van der Waals surface area contributed by atoms with E-state index in [2.05, 4.69) is 45.9 Å². The van der Waals surface area contributed by atoms with Crippen LogP contribution in [0.5, 0.6) is 0 Å². The monoisotopic (exact) mass is 309 g/mol. The largest absolute Gasteiger partial charge is 0.313 e. The highest BCUT2D eigenvalue weighted by atomic mass is 15.3. The Morgan fingerprint density at radius 2 is 1.96 bits per heavy atom. The summed E-state index contributed by atoms with van der Waals surface area (Å²) in [6, 6.07) is 10.2. The van der Waals surface area contributed by atoms with Crippen LogP contribution in [0.25, 0.3) is 5.69 Å². The maximum absolute atomic E-state index is 4.62. The second-order valence-electron chi connectivity index (χ2n) is 5.82. The first-order chi connectivity index (χ1) is 11.2. The molecule has 2 aromatic heterocycles. The number of rotatable bonds is 7. The minimum atomic E-state index is 0.866. The second kappa shape index (κ2) is 7.24. The Bertz CT molecular complexity index is 742. The third kappa shape index (κ3) is 3.87. The minimum Gasteiger partial charge on any atom is -0.313 e. The fourth-order valence-corrected chi connectivity index (χ4v) is 2.63. The van der Waals surface area contributed by atoms with Gasteiger partial charge in [0.25, 0.3) is 0 Å². The van der Waals surface area contributed by atoms with Crippen molar-refractivity contribution >= 4 is 0 Å². The van der Waals surface area contributed by atoms with Gasteiger partial charge >= 0.3 is 0 Å². The van der Waals surface area contributed by atoms with Crippen LogP contribution in [0.2, 0.25) is 0 Å². The predicted molar refractivity (Wildman–Crippen MR) is 91.7 cm³/mol. The van der Waals surface area contributed by atoms with Gasteiger partial charge in [-0.2, -0.15) is 10.2 Å². The Kier molecular flexibility index (Phi) is 4.88. The van der Waals surface area contributed by atoms with Crippen LogP contribution in [-0.4, -0.2) is 26.5 Å². The summed E-state index contributed by atoms with van der Waals surface area (Å²) in [6.45, 7) is 5.98. The van der Waals surface area contributed by atoms with E-state index in [1.54, 1.807) is 0 Å². The van der Waals surface area contributed by atoms with Gasteiger partial charge in [-0.1, -0.05) is 18.2 Å². The summed E-state index contributed by atoms with van der Waals surface area (Å²) in [6.07, 6.45) is 6.16. The highest BCUT2D eigenvalue weighted by Gasteiger charge is 2.06.